The highest BCUT2D eigenvalue weighted by Gasteiger charge is 2.15. The van der Waals surface area contributed by atoms with Gasteiger partial charge in [0.15, 0.2) is 5.82 Å². The van der Waals surface area contributed by atoms with Crippen LogP contribution in [0.2, 0.25) is 0 Å². The van der Waals surface area contributed by atoms with Crippen LogP contribution in [-0.4, -0.2) is 26.7 Å². The number of aromatic nitrogens is 2. The smallest absolute Gasteiger partial charge is 0.309 e. The highest BCUT2D eigenvalue weighted by molar-refractivity contribution is 7.98. The third-order valence-corrected chi connectivity index (χ3v) is 4.17. The normalized spacial score (nSPS) is 11.4. The van der Waals surface area contributed by atoms with E-state index in [4.69, 9.17) is 5.11 Å². The summed E-state index contributed by atoms with van der Waals surface area (Å²) in [6, 6.07) is 11.5. The van der Waals surface area contributed by atoms with Crippen molar-refractivity contribution in [3.8, 4) is 0 Å². The lowest BCUT2D eigenvalue weighted by molar-refractivity contribution is -0.136. The van der Waals surface area contributed by atoms with Crippen molar-refractivity contribution in [2.75, 3.05) is 6.26 Å². The Bertz CT molecular complexity index is 933. The first-order chi connectivity index (χ1) is 11.6. The van der Waals surface area contributed by atoms with Crippen molar-refractivity contribution in [3.05, 3.63) is 53.9 Å². The molecule has 2 aromatic heterocycles. The monoisotopic (exact) mass is 340 g/mol. The number of thioether (sulfide) groups is 1. The van der Waals surface area contributed by atoms with E-state index in [1.807, 2.05) is 55.8 Å². The summed E-state index contributed by atoms with van der Waals surface area (Å²) in [6.07, 6.45) is 3.68. The van der Waals surface area contributed by atoms with Crippen molar-refractivity contribution >= 4 is 34.9 Å². The fourth-order valence-electron chi connectivity index (χ4n) is 2.33. The number of nitrogens with zero attached hydrogens (tertiary/aromatic N) is 4. The summed E-state index contributed by atoms with van der Waals surface area (Å²) in [5.74, 6) is -0.499. The quantitative estimate of drug-likeness (QED) is 0.551. The molecule has 3 aromatic rings. The third kappa shape index (κ3) is 3.46. The lowest BCUT2D eigenvalue weighted by Crippen LogP contribution is -2.00. The summed E-state index contributed by atoms with van der Waals surface area (Å²) in [4.78, 5) is 16.6. The Kier molecular flexibility index (Phi) is 4.61. The van der Waals surface area contributed by atoms with Gasteiger partial charge < -0.3 is 5.11 Å². The van der Waals surface area contributed by atoms with Crippen LogP contribution >= 0.6 is 11.8 Å². The van der Waals surface area contributed by atoms with E-state index in [0.717, 1.165) is 10.5 Å². The zero-order valence-electron chi connectivity index (χ0n) is 13.3. The van der Waals surface area contributed by atoms with E-state index >= 15 is 0 Å². The molecule has 7 heteroatoms. The van der Waals surface area contributed by atoms with Gasteiger partial charge in [0.1, 0.15) is 5.65 Å². The zero-order chi connectivity index (χ0) is 17.1. The maximum atomic E-state index is 11.1. The predicted octanol–water partition coefficient (Wildman–Crippen LogP) is 4.41. The molecule has 3 rings (SSSR count). The number of carboxylic acids is 1. The van der Waals surface area contributed by atoms with Gasteiger partial charge in [0.25, 0.3) is 0 Å². The molecule has 24 heavy (non-hydrogen) atoms. The molecule has 122 valence electrons. The van der Waals surface area contributed by atoms with E-state index in [1.54, 1.807) is 16.2 Å². The molecule has 0 amide bonds. The molecule has 0 saturated heterocycles. The number of fused-ring (bicyclic) bond motifs is 1. The van der Waals surface area contributed by atoms with Gasteiger partial charge in [-0.25, -0.2) is 4.98 Å². The van der Waals surface area contributed by atoms with Crippen LogP contribution in [0.4, 0.5) is 11.5 Å². The minimum absolute atomic E-state index is 0.195. The highest BCUT2D eigenvalue weighted by Crippen LogP contribution is 2.27. The molecule has 0 atom stereocenters. The summed E-state index contributed by atoms with van der Waals surface area (Å²) < 4.78 is 1.77. The number of aliphatic carboxylic acids is 1. The minimum Gasteiger partial charge on any atom is -0.481 e. The second kappa shape index (κ2) is 6.84. The molecule has 0 aliphatic rings. The third-order valence-electron chi connectivity index (χ3n) is 3.44. The number of azo groups is 1. The van der Waals surface area contributed by atoms with Crippen molar-refractivity contribution in [2.24, 2.45) is 10.2 Å². The first kappa shape index (κ1) is 16.2. The number of imidazole rings is 1. The van der Waals surface area contributed by atoms with Gasteiger partial charge in [-0.15, -0.1) is 22.0 Å². The van der Waals surface area contributed by atoms with Gasteiger partial charge in [0, 0.05) is 11.1 Å². The van der Waals surface area contributed by atoms with Crippen LogP contribution in [0.15, 0.2) is 57.7 Å². The molecule has 0 spiro atoms. The van der Waals surface area contributed by atoms with Crippen LogP contribution in [0.3, 0.4) is 0 Å². The van der Waals surface area contributed by atoms with E-state index in [2.05, 4.69) is 15.2 Å². The van der Waals surface area contributed by atoms with Gasteiger partial charge in [-0.1, -0.05) is 12.1 Å². The topological polar surface area (TPSA) is 79.3 Å². The van der Waals surface area contributed by atoms with Crippen LogP contribution in [0.25, 0.3) is 5.65 Å². The summed E-state index contributed by atoms with van der Waals surface area (Å²) >= 11 is 1.63. The molecule has 2 heterocycles. The van der Waals surface area contributed by atoms with Gasteiger partial charge in [-0.2, -0.15) is 0 Å². The van der Waals surface area contributed by atoms with Crippen LogP contribution in [0, 0.1) is 6.92 Å². The first-order valence-electron chi connectivity index (χ1n) is 7.32. The zero-order valence-corrected chi connectivity index (χ0v) is 14.1. The standard InChI is InChI=1S/C17H16N4O2S/c1-11-6-7-15-18-14(9-16(22)23)17(21(15)10-11)20-19-12-4-3-5-13(8-12)24-2/h3-8,10H,9H2,1-2H3,(H,22,23). The molecule has 6 nitrogen and oxygen atoms in total. The Morgan fingerprint density at radius 1 is 1.29 bits per heavy atom. The second-order valence-corrected chi connectivity index (χ2v) is 6.17. The average Bonchev–Trinajstić information content (AvgIpc) is 2.89. The van der Waals surface area contributed by atoms with Gasteiger partial charge in [0.05, 0.1) is 17.8 Å². The van der Waals surface area contributed by atoms with Gasteiger partial charge >= 0.3 is 5.97 Å². The first-order valence-corrected chi connectivity index (χ1v) is 8.54. The summed E-state index contributed by atoms with van der Waals surface area (Å²) in [5, 5.41) is 17.7. The Hall–Kier alpha value is -2.67. The maximum Gasteiger partial charge on any atom is 0.309 e. The van der Waals surface area contributed by atoms with Crippen molar-refractivity contribution in [1.82, 2.24) is 9.38 Å². The molecule has 1 aromatic carbocycles. The molecule has 0 saturated carbocycles. The van der Waals surface area contributed by atoms with E-state index < -0.39 is 5.97 Å². The van der Waals surface area contributed by atoms with Crippen molar-refractivity contribution < 1.29 is 9.90 Å². The number of pyridine rings is 1. The SMILES string of the molecule is CSc1cccc(N=Nc2c(CC(=O)O)nc3ccc(C)cn23)c1. The summed E-state index contributed by atoms with van der Waals surface area (Å²) in [7, 11) is 0. The average molecular weight is 340 g/mol. The molecule has 0 fully saturated rings. The second-order valence-electron chi connectivity index (χ2n) is 5.29. The molecule has 0 radical (unpaired) electrons. The molecule has 0 aliphatic heterocycles. The fourth-order valence-corrected chi connectivity index (χ4v) is 2.79. The fraction of sp³-hybridized carbons (Fsp3) is 0.176. The van der Waals surface area contributed by atoms with E-state index in [0.29, 0.717) is 22.8 Å². The lowest BCUT2D eigenvalue weighted by Gasteiger charge is -2.00. The van der Waals surface area contributed by atoms with Crippen molar-refractivity contribution in [2.45, 2.75) is 18.2 Å². The number of rotatable bonds is 5. The van der Waals surface area contributed by atoms with E-state index in [9.17, 15) is 4.79 Å². The maximum absolute atomic E-state index is 11.1. The Morgan fingerprint density at radius 3 is 2.88 bits per heavy atom. The number of hydrogen-bond acceptors (Lipinski definition) is 5. The molecule has 0 unspecified atom stereocenters. The molecule has 0 aliphatic carbocycles. The van der Waals surface area contributed by atoms with Gasteiger partial charge in [0.2, 0.25) is 0 Å². The Labute approximate surface area is 143 Å². The molecular formula is C17H16N4O2S. The van der Waals surface area contributed by atoms with Crippen LogP contribution in [-0.2, 0) is 11.2 Å². The number of hydrogen-bond donors (Lipinski definition) is 1. The molecule has 0 bridgehead atoms. The summed E-state index contributed by atoms with van der Waals surface area (Å²) in [5.41, 5.74) is 2.80. The van der Waals surface area contributed by atoms with Crippen LogP contribution in [0.5, 0.6) is 0 Å². The lowest BCUT2D eigenvalue weighted by atomic mass is 10.3. The predicted molar refractivity (Wildman–Crippen MR) is 93.7 cm³/mol. The molecule has 1 N–H and O–H groups in total. The van der Waals surface area contributed by atoms with Gasteiger partial charge in [-0.05, 0) is 43.0 Å². The molecular weight excluding hydrogens is 324 g/mol. The Morgan fingerprint density at radius 2 is 2.12 bits per heavy atom. The number of carboxylic acid groups (broad SMARTS) is 1. The van der Waals surface area contributed by atoms with Crippen molar-refractivity contribution in [1.29, 1.82) is 0 Å². The Balaban J connectivity index is 2.07. The van der Waals surface area contributed by atoms with E-state index in [-0.39, 0.29) is 6.42 Å². The minimum atomic E-state index is -0.948. The number of aryl methyl sites for hydroxylation is 1. The van der Waals surface area contributed by atoms with Crippen molar-refractivity contribution in [3.63, 3.8) is 0 Å². The number of benzene rings is 1. The van der Waals surface area contributed by atoms with Crippen LogP contribution in [0.1, 0.15) is 11.3 Å². The highest BCUT2D eigenvalue weighted by atomic mass is 32.2. The van der Waals surface area contributed by atoms with Crippen LogP contribution < -0.4 is 0 Å². The number of carbonyl (C=O) groups is 1. The largest absolute Gasteiger partial charge is 0.481 e. The summed E-state index contributed by atoms with van der Waals surface area (Å²) in [6.45, 7) is 1.96. The van der Waals surface area contributed by atoms with Gasteiger partial charge in [-0.3, -0.25) is 9.20 Å². The van der Waals surface area contributed by atoms with E-state index in [1.165, 1.54) is 0 Å².